The van der Waals surface area contributed by atoms with Crippen molar-refractivity contribution in [1.82, 2.24) is 30.1 Å². The predicted octanol–water partition coefficient (Wildman–Crippen LogP) is 1.53. The van der Waals surface area contributed by atoms with Crippen molar-refractivity contribution in [2.75, 3.05) is 26.2 Å². The molecular formula is C18H24N6O2. The third-order valence-corrected chi connectivity index (χ3v) is 4.58. The number of urea groups is 1. The average Bonchev–Trinajstić information content (AvgIpc) is 3.10. The second-order valence-corrected chi connectivity index (χ2v) is 6.27. The Morgan fingerprint density at radius 3 is 2.54 bits per heavy atom. The summed E-state index contributed by atoms with van der Waals surface area (Å²) in [6.45, 7) is 6.96. The summed E-state index contributed by atoms with van der Waals surface area (Å²) in [5.41, 5.74) is 1.31. The molecule has 1 aliphatic rings. The van der Waals surface area contributed by atoms with Crippen molar-refractivity contribution in [2.24, 2.45) is 0 Å². The minimum atomic E-state index is -0.254. The van der Waals surface area contributed by atoms with Crippen LogP contribution in [0.1, 0.15) is 35.9 Å². The number of rotatable bonds is 6. The minimum Gasteiger partial charge on any atom is -0.347 e. The van der Waals surface area contributed by atoms with Crippen LogP contribution in [0.25, 0.3) is 0 Å². The van der Waals surface area contributed by atoms with Crippen molar-refractivity contribution in [1.29, 1.82) is 0 Å². The standard InChI is InChI=1S/C18H24N6O2/c1-3-22(4-2)18(26)23-11-15(12-23)24-13-16(20-21-24)17(25)19-10-14-8-6-5-7-9-14/h5-9,13,15H,3-4,10-12H2,1-2H3,(H,19,25). The topological polar surface area (TPSA) is 83.4 Å². The van der Waals surface area contributed by atoms with Crippen molar-refractivity contribution < 1.29 is 9.59 Å². The molecule has 2 heterocycles. The Labute approximate surface area is 152 Å². The van der Waals surface area contributed by atoms with Crippen molar-refractivity contribution in [3.05, 3.63) is 47.8 Å². The fraction of sp³-hybridized carbons (Fsp3) is 0.444. The summed E-state index contributed by atoms with van der Waals surface area (Å²) in [4.78, 5) is 28.0. The van der Waals surface area contributed by atoms with Crippen LogP contribution in [0.15, 0.2) is 36.5 Å². The van der Waals surface area contributed by atoms with E-state index in [0.717, 1.165) is 5.56 Å². The molecular weight excluding hydrogens is 332 g/mol. The number of likely N-dealkylation sites (tertiary alicyclic amines) is 1. The summed E-state index contributed by atoms with van der Waals surface area (Å²) in [6.07, 6.45) is 1.64. The molecule has 138 valence electrons. The molecule has 0 radical (unpaired) electrons. The maximum absolute atomic E-state index is 12.2. The number of hydrogen-bond donors (Lipinski definition) is 1. The maximum atomic E-state index is 12.2. The van der Waals surface area contributed by atoms with Crippen LogP contribution in [0.5, 0.6) is 0 Å². The Morgan fingerprint density at radius 2 is 1.88 bits per heavy atom. The molecule has 1 aromatic carbocycles. The molecule has 1 saturated heterocycles. The van der Waals surface area contributed by atoms with E-state index in [1.165, 1.54) is 0 Å². The van der Waals surface area contributed by atoms with Gasteiger partial charge in [0.25, 0.3) is 5.91 Å². The van der Waals surface area contributed by atoms with Crippen molar-refractivity contribution in [2.45, 2.75) is 26.4 Å². The summed E-state index contributed by atoms with van der Waals surface area (Å²) in [5, 5.41) is 10.8. The van der Waals surface area contributed by atoms with E-state index in [9.17, 15) is 9.59 Å². The molecule has 0 spiro atoms. The zero-order valence-corrected chi connectivity index (χ0v) is 15.1. The molecule has 0 aliphatic carbocycles. The third kappa shape index (κ3) is 3.84. The number of aromatic nitrogens is 3. The molecule has 3 rings (SSSR count). The van der Waals surface area contributed by atoms with E-state index in [2.05, 4.69) is 15.6 Å². The highest BCUT2D eigenvalue weighted by Gasteiger charge is 2.34. The normalized spacial score (nSPS) is 14.0. The Bertz CT molecular complexity index is 750. The quantitative estimate of drug-likeness (QED) is 0.851. The molecule has 1 aromatic heterocycles. The molecule has 3 amide bonds. The van der Waals surface area contributed by atoms with Crippen molar-refractivity contribution >= 4 is 11.9 Å². The first-order chi connectivity index (χ1) is 12.6. The van der Waals surface area contributed by atoms with Gasteiger partial charge in [-0.25, -0.2) is 9.48 Å². The molecule has 0 bridgehead atoms. The fourth-order valence-electron chi connectivity index (χ4n) is 2.90. The third-order valence-electron chi connectivity index (χ3n) is 4.58. The van der Waals surface area contributed by atoms with Gasteiger partial charge in [-0.1, -0.05) is 35.5 Å². The van der Waals surface area contributed by atoms with E-state index in [0.29, 0.717) is 32.7 Å². The summed E-state index contributed by atoms with van der Waals surface area (Å²) < 4.78 is 1.67. The van der Waals surface area contributed by atoms with Crippen LogP contribution in [0.2, 0.25) is 0 Å². The van der Waals surface area contributed by atoms with Crippen LogP contribution < -0.4 is 5.32 Å². The van der Waals surface area contributed by atoms with E-state index in [-0.39, 0.29) is 23.7 Å². The van der Waals surface area contributed by atoms with Gasteiger partial charge >= 0.3 is 6.03 Å². The van der Waals surface area contributed by atoms with Gasteiger partial charge in [0.05, 0.1) is 12.2 Å². The van der Waals surface area contributed by atoms with Crippen LogP contribution >= 0.6 is 0 Å². The Balaban J connectivity index is 1.51. The van der Waals surface area contributed by atoms with Crippen molar-refractivity contribution in [3.63, 3.8) is 0 Å². The summed E-state index contributed by atoms with van der Waals surface area (Å²) in [6, 6.07) is 9.81. The Hall–Kier alpha value is -2.90. The van der Waals surface area contributed by atoms with Crippen molar-refractivity contribution in [3.8, 4) is 0 Å². The first kappa shape index (κ1) is 17.9. The summed E-state index contributed by atoms with van der Waals surface area (Å²) in [7, 11) is 0. The molecule has 1 aliphatic heterocycles. The number of nitrogens with zero attached hydrogens (tertiary/aromatic N) is 5. The van der Waals surface area contributed by atoms with Gasteiger partial charge in [0, 0.05) is 32.7 Å². The van der Waals surface area contributed by atoms with Gasteiger partial charge in [0.2, 0.25) is 0 Å². The number of nitrogens with one attached hydrogen (secondary N) is 1. The lowest BCUT2D eigenvalue weighted by molar-refractivity contribution is 0.0907. The number of amides is 3. The van der Waals surface area contributed by atoms with E-state index in [1.807, 2.05) is 44.2 Å². The lowest BCUT2D eigenvalue weighted by Gasteiger charge is -2.41. The second kappa shape index (κ2) is 7.99. The highest BCUT2D eigenvalue weighted by molar-refractivity contribution is 5.91. The molecule has 0 unspecified atom stereocenters. The average molecular weight is 356 g/mol. The molecule has 1 fully saturated rings. The second-order valence-electron chi connectivity index (χ2n) is 6.27. The van der Waals surface area contributed by atoms with Gasteiger partial charge < -0.3 is 15.1 Å². The zero-order chi connectivity index (χ0) is 18.5. The van der Waals surface area contributed by atoms with Gasteiger partial charge in [0.15, 0.2) is 5.69 Å². The van der Waals surface area contributed by atoms with Gasteiger partial charge in [0.1, 0.15) is 0 Å². The lowest BCUT2D eigenvalue weighted by atomic mass is 10.1. The van der Waals surface area contributed by atoms with E-state index in [4.69, 9.17) is 0 Å². The predicted molar refractivity (Wildman–Crippen MR) is 96.6 cm³/mol. The van der Waals surface area contributed by atoms with Gasteiger partial charge in [-0.2, -0.15) is 0 Å². The number of benzene rings is 1. The van der Waals surface area contributed by atoms with E-state index in [1.54, 1.807) is 20.7 Å². The summed E-state index contributed by atoms with van der Waals surface area (Å²) in [5.74, 6) is -0.254. The van der Waals surface area contributed by atoms with Gasteiger partial charge in [-0.15, -0.1) is 5.10 Å². The van der Waals surface area contributed by atoms with Crippen LogP contribution in [-0.2, 0) is 6.54 Å². The largest absolute Gasteiger partial charge is 0.347 e. The molecule has 8 heteroatoms. The van der Waals surface area contributed by atoms with Crippen LogP contribution in [-0.4, -0.2) is 62.9 Å². The molecule has 2 aromatic rings. The smallest absolute Gasteiger partial charge is 0.320 e. The van der Waals surface area contributed by atoms with Gasteiger partial charge in [-0.3, -0.25) is 4.79 Å². The molecule has 0 atom stereocenters. The molecule has 1 N–H and O–H groups in total. The number of carbonyl (C=O) groups excluding carboxylic acids is 2. The van der Waals surface area contributed by atoms with Gasteiger partial charge in [-0.05, 0) is 19.4 Å². The zero-order valence-electron chi connectivity index (χ0n) is 15.1. The molecule has 26 heavy (non-hydrogen) atoms. The first-order valence-corrected chi connectivity index (χ1v) is 8.90. The highest BCUT2D eigenvalue weighted by atomic mass is 16.2. The lowest BCUT2D eigenvalue weighted by Crippen LogP contribution is -2.55. The fourth-order valence-corrected chi connectivity index (χ4v) is 2.90. The van der Waals surface area contributed by atoms with E-state index >= 15 is 0 Å². The monoisotopic (exact) mass is 356 g/mol. The summed E-state index contributed by atoms with van der Waals surface area (Å²) >= 11 is 0. The molecule has 0 saturated carbocycles. The number of carbonyl (C=O) groups is 2. The minimum absolute atomic E-state index is 0.0483. The number of hydrogen-bond acceptors (Lipinski definition) is 4. The first-order valence-electron chi connectivity index (χ1n) is 8.90. The van der Waals surface area contributed by atoms with Crippen LogP contribution in [0.4, 0.5) is 4.79 Å². The molecule has 8 nitrogen and oxygen atoms in total. The van der Waals surface area contributed by atoms with Crippen LogP contribution in [0.3, 0.4) is 0 Å². The highest BCUT2D eigenvalue weighted by Crippen LogP contribution is 2.21. The SMILES string of the molecule is CCN(CC)C(=O)N1CC(n2cc(C(=O)NCc3ccccc3)nn2)C1. The maximum Gasteiger partial charge on any atom is 0.320 e. The Morgan fingerprint density at radius 1 is 1.19 bits per heavy atom. The van der Waals surface area contributed by atoms with Crippen LogP contribution in [0, 0.1) is 0 Å². The van der Waals surface area contributed by atoms with E-state index < -0.39 is 0 Å². The Kier molecular flexibility index (Phi) is 5.50.